The third-order valence-electron chi connectivity index (χ3n) is 3.59. The molecule has 1 amide bonds. The third-order valence-corrected chi connectivity index (χ3v) is 4.68. The molecule has 136 valence electrons. The zero-order valence-electron chi connectivity index (χ0n) is 14.9. The first kappa shape index (κ1) is 19.7. The van der Waals surface area contributed by atoms with Crippen LogP contribution >= 0.6 is 11.8 Å². The van der Waals surface area contributed by atoms with E-state index in [1.54, 1.807) is 31.2 Å². The highest BCUT2D eigenvalue weighted by molar-refractivity contribution is 8.00. The lowest BCUT2D eigenvalue weighted by Crippen LogP contribution is -2.32. The minimum atomic E-state index is -0.942. The smallest absolute Gasteiger partial charge is 0.319 e. The van der Waals surface area contributed by atoms with Crippen molar-refractivity contribution in [2.45, 2.75) is 37.0 Å². The van der Waals surface area contributed by atoms with Crippen LogP contribution in [0.1, 0.15) is 31.1 Å². The second kappa shape index (κ2) is 9.20. The van der Waals surface area contributed by atoms with Gasteiger partial charge in [-0.1, -0.05) is 30.3 Å². The number of hydrogen-bond donors (Lipinski definition) is 1. The number of anilines is 1. The lowest BCUT2D eigenvalue weighted by atomic mass is 10.1. The van der Waals surface area contributed by atoms with Crippen molar-refractivity contribution < 1.29 is 19.1 Å². The molecule has 5 nitrogen and oxygen atoms in total. The molecule has 0 aliphatic rings. The quantitative estimate of drug-likeness (QED) is 0.453. The summed E-state index contributed by atoms with van der Waals surface area (Å²) in [6, 6.07) is 16.1. The molecule has 0 fully saturated rings. The largest absolute Gasteiger partial charge is 0.452 e. The highest BCUT2D eigenvalue weighted by Crippen LogP contribution is 2.23. The molecule has 0 aromatic heterocycles. The van der Waals surface area contributed by atoms with Crippen LogP contribution in [0, 0.1) is 0 Å². The number of hydrogen-bond acceptors (Lipinski definition) is 5. The Morgan fingerprint density at radius 3 is 2.35 bits per heavy atom. The lowest BCUT2D eigenvalue weighted by Gasteiger charge is -2.16. The summed E-state index contributed by atoms with van der Waals surface area (Å²) < 4.78 is 5.26. The maximum atomic E-state index is 12.2. The molecule has 1 N–H and O–H groups in total. The first-order valence-corrected chi connectivity index (χ1v) is 9.09. The van der Waals surface area contributed by atoms with Crippen LogP contribution in [0.2, 0.25) is 0 Å². The summed E-state index contributed by atoms with van der Waals surface area (Å²) in [6.07, 6.45) is -0.942. The zero-order chi connectivity index (χ0) is 19.1. The van der Waals surface area contributed by atoms with Gasteiger partial charge in [0.2, 0.25) is 0 Å². The SMILES string of the molecule is CC(=O)c1cccc(NC(=O)[C@@H](C)OC(=O)[C@@H](C)Sc2ccccc2)c1. The van der Waals surface area contributed by atoms with Gasteiger partial charge in [-0.15, -0.1) is 11.8 Å². The van der Waals surface area contributed by atoms with Crippen LogP contribution in [-0.2, 0) is 14.3 Å². The van der Waals surface area contributed by atoms with E-state index in [4.69, 9.17) is 4.74 Å². The fraction of sp³-hybridized carbons (Fsp3) is 0.250. The van der Waals surface area contributed by atoms with Gasteiger partial charge < -0.3 is 10.1 Å². The Hall–Kier alpha value is -2.60. The van der Waals surface area contributed by atoms with Gasteiger partial charge in [-0.2, -0.15) is 0 Å². The molecule has 0 aliphatic heterocycles. The van der Waals surface area contributed by atoms with E-state index in [0.717, 1.165) is 4.90 Å². The van der Waals surface area contributed by atoms with Crippen LogP contribution in [0.4, 0.5) is 5.69 Å². The van der Waals surface area contributed by atoms with Crippen molar-refractivity contribution in [1.29, 1.82) is 0 Å². The van der Waals surface area contributed by atoms with Gasteiger partial charge in [-0.25, -0.2) is 0 Å². The fourth-order valence-electron chi connectivity index (χ4n) is 2.13. The molecule has 2 aromatic rings. The number of ether oxygens (including phenoxy) is 1. The predicted octanol–water partition coefficient (Wildman–Crippen LogP) is 3.94. The van der Waals surface area contributed by atoms with Crippen molar-refractivity contribution in [3.63, 3.8) is 0 Å². The molecular weight excluding hydrogens is 350 g/mol. The van der Waals surface area contributed by atoms with Crippen LogP contribution < -0.4 is 5.32 Å². The van der Waals surface area contributed by atoms with E-state index in [9.17, 15) is 14.4 Å². The highest BCUT2D eigenvalue weighted by atomic mass is 32.2. The number of benzene rings is 2. The van der Waals surface area contributed by atoms with Crippen LogP contribution in [0.15, 0.2) is 59.5 Å². The number of rotatable bonds is 7. The number of nitrogens with one attached hydrogen (secondary N) is 1. The lowest BCUT2D eigenvalue weighted by molar-refractivity contribution is -0.152. The maximum absolute atomic E-state index is 12.2. The van der Waals surface area contributed by atoms with E-state index in [1.165, 1.54) is 25.6 Å². The number of carbonyl (C=O) groups is 3. The Kier molecular flexibility index (Phi) is 6.97. The molecule has 6 heteroatoms. The van der Waals surface area contributed by atoms with Crippen molar-refractivity contribution in [2.24, 2.45) is 0 Å². The van der Waals surface area contributed by atoms with Crippen molar-refractivity contribution >= 4 is 35.1 Å². The van der Waals surface area contributed by atoms with E-state index in [2.05, 4.69) is 5.32 Å². The number of carbonyl (C=O) groups excluding carboxylic acids is 3. The molecule has 0 spiro atoms. The average molecular weight is 371 g/mol. The van der Waals surface area contributed by atoms with Gasteiger partial charge in [0.1, 0.15) is 5.25 Å². The number of ketones is 1. The molecule has 2 atom stereocenters. The first-order valence-electron chi connectivity index (χ1n) is 8.21. The number of Topliss-reactive ketones (excluding diaryl/α,β-unsaturated/α-hetero) is 1. The van der Waals surface area contributed by atoms with Crippen molar-refractivity contribution in [1.82, 2.24) is 0 Å². The van der Waals surface area contributed by atoms with Gasteiger partial charge >= 0.3 is 5.97 Å². The van der Waals surface area contributed by atoms with Gasteiger partial charge in [0.15, 0.2) is 11.9 Å². The Morgan fingerprint density at radius 2 is 1.69 bits per heavy atom. The van der Waals surface area contributed by atoms with Crippen LogP contribution in [0.3, 0.4) is 0 Å². The molecule has 0 heterocycles. The summed E-state index contributed by atoms with van der Waals surface area (Å²) in [6.45, 7) is 4.71. The monoisotopic (exact) mass is 371 g/mol. The Labute approximate surface area is 157 Å². The predicted molar refractivity (Wildman–Crippen MR) is 102 cm³/mol. The summed E-state index contributed by atoms with van der Waals surface area (Å²) in [5, 5.41) is 2.22. The maximum Gasteiger partial charge on any atom is 0.319 e. The van der Waals surface area contributed by atoms with Crippen LogP contribution in [-0.4, -0.2) is 29.0 Å². The van der Waals surface area contributed by atoms with Crippen LogP contribution in [0.5, 0.6) is 0 Å². The van der Waals surface area contributed by atoms with E-state index in [1.807, 2.05) is 30.3 Å². The number of thioether (sulfide) groups is 1. The van der Waals surface area contributed by atoms with Crippen molar-refractivity contribution in [3.05, 3.63) is 60.2 Å². The second-order valence-electron chi connectivity index (χ2n) is 5.78. The summed E-state index contributed by atoms with van der Waals surface area (Å²) in [5.74, 6) is -0.998. The molecule has 2 aromatic carbocycles. The van der Waals surface area contributed by atoms with Gasteiger partial charge in [-0.3, -0.25) is 14.4 Å². The van der Waals surface area contributed by atoms with Crippen LogP contribution in [0.25, 0.3) is 0 Å². The van der Waals surface area contributed by atoms with E-state index < -0.39 is 23.2 Å². The Bertz CT molecular complexity index is 791. The molecule has 26 heavy (non-hydrogen) atoms. The topological polar surface area (TPSA) is 72.5 Å². The van der Waals surface area contributed by atoms with Gasteiger partial charge in [-0.05, 0) is 45.0 Å². The Morgan fingerprint density at radius 1 is 1.00 bits per heavy atom. The molecular formula is C20H21NO4S. The molecule has 2 rings (SSSR count). The van der Waals surface area contributed by atoms with E-state index >= 15 is 0 Å². The Balaban J connectivity index is 1.90. The minimum Gasteiger partial charge on any atom is -0.452 e. The summed E-state index contributed by atoms with van der Waals surface area (Å²) in [4.78, 5) is 36.8. The standard InChI is InChI=1S/C20H21NO4S/c1-13(22)16-8-7-9-17(12-16)21-19(23)14(2)25-20(24)15(3)26-18-10-5-4-6-11-18/h4-12,14-15H,1-3H3,(H,21,23)/t14-,15-/m1/s1. The normalized spacial score (nSPS) is 12.7. The van der Waals surface area contributed by atoms with Gasteiger partial charge in [0.25, 0.3) is 5.91 Å². The first-order chi connectivity index (χ1) is 12.4. The molecule has 0 radical (unpaired) electrons. The molecule has 0 unspecified atom stereocenters. The van der Waals surface area contributed by atoms with E-state index in [-0.39, 0.29) is 5.78 Å². The van der Waals surface area contributed by atoms with Gasteiger partial charge in [0, 0.05) is 16.1 Å². The third kappa shape index (κ3) is 5.74. The van der Waals surface area contributed by atoms with E-state index in [0.29, 0.717) is 11.3 Å². The average Bonchev–Trinajstić information content (AvgIpc) is 2.62. The molecule has 0 bridgehead atoms. The fourth-order valence-corrected chi connectivity index (χ4v) is 3.01. The minimum absolute atomic E-state index is 0.0904. The molecule has 0 saturated heterocycles. The van der Waals surface area contributed by atoms with Crippen molar-refractivity contribution in [2.75, 3.05) is 5.32 Å². The summed E-state index contributed by atoms with van der Waals surface area (Å²) in [7, 11) is 0. The molecule has 0 saturated carbocycles. The highest BCUT2D eigenvalue weighted by Gasteiger charge is 2.23. The zero-order valence-corrected chi connectivity index (χ0v) is 15.7. The number of amides is 1. The summed E-state index contributed by atoms with van der Waals surface area (Å²) >= 11 is 1.37. The molecule has 0 aliphatic carbocycles. The second-order valence-corrected chi connectivity index (χ2v) is 7.19. The number of esters is 1. The van der Waals surface area contributed by atoms with Crippen molar-refractivity contribution in [3.8, 4) is 0 Å². The van der Waals surface area contributed by atoms with Gasteiger partial charge in [0.05, 0.1) is 0 Å². The summed E-state index contributed by atoms with van der Waals surface area (Å²) in [5.41, 5.74) is 0.984.